The molecule has 54 heavy (non-hydrogen) atoms. The summed E-state index contributed by atoms with van der Waals surface area (Å²) in [7, 11) is 0. The fourth-order valence-corrected chi connectivity index (χ4v) is 7.85. The van der Waals surface area contributed by atoms with Crippen LogP contribution in [0.25, 0.3) is 77.2 Å². The number of hydrogen-bond donors (Lipinski definition) is 0. The zero-order valence-corrected chi connectivity index (χ0v) is 29.6. The maximum Gasteiger partial charge on any atom is 0.143 e. The molecule has 0 amide bonds. The molecule has 10 rings (SSSR count). The Hall–Kier alpha value is -7.16. The predicted octanol–water partition coefficient (Wildman–Crippen LogP) is 14.9. The number of nitrogens with zero attached hydrogens (tertiary/aromatic N) is 1. The van der Waals surface area contributed by atoms with Gasteiger partial charge < -0.3 is 9.32 Å². The van der Waals surface area contributed by atoms with E-state index < -0.39 is 0 Å². The van der Waals surface area contributed by atoms with E-state index in [0.29, 0.717) is 0 Å². The Morgan fingerprint density at radius 3 is 1.57 bits per heavy atom. The minimum atomic E-state index is 0.904. The number of furan rings is 1. The van der Waals surface area contributed by atoms with Crippen molar-refractivity contribution in [3.63, 3.8) is 0 Å². The van der Waals surface area contributed by atoms with Gasteiger partial charge >= 0.3 is 0 Å². The first-order chi connectivity index (χ1) is 26.8. The first-order valence-electron chi connectivity index (χ1n) is 18.4. The molecule has 10 aromatic rings. The SMILES string of the molecule is c1ccc(-c2ccc(-c3ccccc3)c(N(c3ccc(-c4cccc5ccccc45)cc3)c3ccc(-c4cccc5c4oc4ccccc45)cc3)c2)cc1. The topological polar surface area (TPSA) is 16.4 Å². The summed E-state index contributed by atoms with van der Waals surface area (Å²) in [6.07, 6.45) is 0. The van der Waals surface area contributed by atoms with E-state index >= 15 is 0 Å². The summed E-state index contributed by atoms with van der Waals surface area (Å²) in [5.74, 6) is 0. The summed E-state index contributed by atoms with van der Waals surface area (Å²) in [5, 5.41) is 4.76. The Labute approximate surface area is 314 Å². The maximum atomic E-state index is 6.44. The van der Waals surface area contributed by atoms with Crippen molar-refractivity contribution >= 4 is 49.8 Å². The van der Waals surface area contributed by atoms with Gasteiger partial charge in [0.05, 0.1) is 5.69 Å². The highest BCUT2D eigenvalue weighted by Gasteiger charge is 2.20. The van der Waals surface area contributed by atoms with Crippen LogP contribution in [0.4, 0.5) is 17.1 Å². The largest absolute Gasteiger partial charge is 0.455 e. The molecule has 1 heterocycles. The molecule has 0 spiro atoms. The van der Waals surface area contributed by atoms with Gasteiger partial charge in [0.25, 0.3) is 0 Å². The van der Waals surface area contributed by atoms with Crippen molar-refractivity contribution in [1.82, 2.24) is 0 Å². The van der Waals surface area contributed by atoms with Crippen molar-refractivity contribution in [3.05, 3.63) is 212 Å². The van der Waals surface area contributed by atoms with Gasteiger partial charge in [-0.2, -0.15) is 0 Å². The fourth-order valence-electron chi connectivity index (χ4n) is 7.85. The van der Waals surface area contributed by atoms with E-state index in [1.165, 1.54) is 27.5 Å². The van der Waals surface area contributed by atoms with Crippen LogP contribution in [0.15, 0.2) is 217 Å². The fraction of sp³-hybridized carbons (Fsp3) is 0. The smallest absolute Gasteiger partial charge is 0.143 e. The molecular formula is C52H35NO. The lowest BCUT2D eigenvalue weighted by Crippen LogP contribution is -2.11. The molecule has 0 aliphatic rings. The van der Waals surface area contributed by atoms with Crippen LogP contribution >= 0.6 is 0 Å². The molecular weight excluding hydrogens is 655 g/mol. The average molecular weight is 690 g/mol. The molecule has 0 radical (unpaired) electrons. The third kappa shape index (κ3) is 5.62. The van der Waals surface area contributed by atoms with Crippen molar-refractivity contribution < 1.29 is 4.42 Å². The van der Waals surface area contributed by atoms with Crippen LogP contribution in [-0.2, 0) is 0 Å². The molecule has 2 nitrogen and oxygen atoms in total. The van der Waals surface area contributed by atoms with Gasteiger partial charge in [0.15, 0.2) is 0 Å². The number of hydrogen-bond acceptors (Lipinski definition) is 2. The van der Waals surface area contributed by atoms with Gasteiger partial charge in [-0.25, -0.2) is 0 Å². The molecule has 2 heteroatoms. The minimum absolute atomic E-state index is 0.904. The van der Waals surface area contributed by atoms with E-state index in [4.69, 9.17) is 4.42 Å². The Morgan fingerprint density at radius 2 is 0.833 bits per heavy atom. The summed E-state index contributed by atoms with van der Waals surface area (Å²) in [5.41, 5.74) is 14.3. The van der Waals surface area contributed by atoms with E-state index in [0.717, 1.165) is 66.8 Å². The molecule has 1 aromatic heterocycles. The molecule has 0 N–H and O–H groups in total. The van der Waals surface area contributed by atoms with Crippen molar-refractivity contribution in [2.75, 3.05) is 4.90 Å². The zero-order valence-electron chi connectivity index (χ0n) is 29.6. The van der Waals surface area contributed by atoms with Gasteiger partial charge in [-0.1, -0.05) is 176 Å². The normalized spacial score (nSPS) is 11.3. The van der Waals surface area contributed by atoms with Crippen LogP contribution < -0.4 is 4.90 Å². The van der Waals surface area contributed by atoms with Crippen molar-refractivity contribution in [2.24, 2.45) is 0 Å². The molecule has 0 fully saturated rings. The highest BCUT2D eigenvalue weighted by molar-refractivity contribution is 6.09. The van der Waals surface area contributed by atoms with Crippen LogP contribution in [0.1, 0.15) is 0 Å². The molecule has 0 saturated carbocycles. The minimum Gasteiger partial charge on any atom is -0.455 e. The lowest BCUT2D eigenvalue weighted by molar-refractivity contribution is 0.670. The number of rotatable bonds is 7. The van der Waals surface area contributed by atoms with E-state index in [9.17, 15) is 0 Å². The van der Waals surface area contributed by atoms with Gasteiger partial charge in [-0.05, 0) is 80.6 Å². The second kappa shape index (κ2) is 13.4. The Morgan fingerprint density at radius 1 is 0.315 bits per heavy atom. The summed E-state index contributed by atoms with van der Waals surface area (Å²) in [6.45, 7) is 0. The van der Waals surface area contributed by atoms with Crippen LogP contribution in [0.2, 0.25) is 0 Å². The number of fused-ring (bicyclic) bond motifs is 4. The van der Waals surface area contributed by atoms with Crippen LogP contribution in [-0.4, -0.2) is 0 Å². The van der Waals surface area contributed by atoms with Crippen molar-refractivity contribution in [3.8, 4) is 44.5 Å². The van der Waals surface area contributed by atoms with Crippen LogP contribution in [0.5, 0.6) is 0 Å². The first kappa shape index (κ1) is 31.6. The highest BCUT2D eigenvalue weighted by atomic mass is 16.3. The maximum absolute atomic E-state index is 6.44. The van der Waals surface area contributed by atoms with Gasteiger partial charge in [0.1, 0.15) is 11.2 Å². The van der Waals surface area contributed by atoms with Gasteiger partial charge in [-0.3, -0.25) is 0 Å². The van der Waals surface area contributed by atoms with Crippen molar-refractivity contribution in [2.45, 2.75) is 0 Å². The molecule has 254 valence electrons. The standard InChI is InChI=1S/C52H35NO/c1-3-13-36(14-4-1)41-29-34-46(38-15-5-2-6-16-38)50(35-41)53(42-30-25-39(26-31-42)45-21-11-18-37-17-7-8-19-44(37)45)43-32-27-40(28-33-43)47-22-12-23-49-48-20-9-10-24-51(48)54-52(47)49/h1-35H. The third-order valence-electron chi connectivity index (χ3n) is 10.5. The molecule has 9 aromatic carbocycles. The Bertz CT molecular complexity index is 2900. The summed E-state index contributed by atoms with van der Waals surface area (Å²) < 4.78 is 6.44. The molecule has 0 aliphatic carbocycles. The van der Waals surface area contributed by atoms with Crippen LogP contribution in [0, 0.1) is 0 Å². The monoisotopic (exact) mass is 689 g/mol. The number of anilines is 3. The summed E-state index contributed by atoms with van der Waals surface area (Å²) >= 11 is 0. The molecule has 0 atom stereocenters. The van der Waals surface area contributed by atoms with E-state index in [2.05, 4.69) is 205 Å². The Kier molecular flexibility index (Phi) is 7.85. The van der Waals surface area contributed by atoms with Gasteiger partial charge in [0.2, 0.25) is 0 Å². The van der Waals surface area contributed by atoms with Crippen LogP contribution in [0.3, 0.4) is 0 Å². The van der Waals surface area contributed by atoms with E-state index in [1.807, 2.05) is 12.1 Å². The average Bonchev–Trinajstić information content (AvgIpc) is 3.64. The molecule has 0 aliphatic heterocycles. The lowest BCUT2D eigenvalue weighted by Gasteiger charge is -2.29. The van der Waals surface area contributed by atoms with Gasteiger partial charge in [-0.15, -0.1) is 0 Å². The lowest BCUT2D eigenvalue weighted by atomic mass is 9.96. The number of para-hydroxylation sites is 2. The first-order valence-corrected chi connectivity index (χ1v) is 18.4. The summed E-state index contributed by atoms with van der Waals surface area (Å²) in [6, 6.07) is 75.9. The second-order valence-electron chi connectivity index (χ2n) is 13.7. The second-order valence-corrected chi connectivity index (χ2v) is 13.7. The van der Waals surface area contributed by atoms with E-state index in [-0.39, 0.29) is 0 Å². The van der Waals surface area contributed by atoms with E-state index in [1.54, 1.807) is 0 Å². The third-order valence-corrected chi connectivity index (χ3v) is 10.5. The Balaban J connectivity index is 1.15. The summed E-state index contributed by atoms with van der Waals surface area (Å²) in [4.78, 5) is 2.40. The molecule has 0 unspecified atom stereocenters. The quantitative estimate of drug-likeness (QED) is 0.166. The molecule has 0 bridgehead atoms. The number of benzene rings is 9. The van der Waals surface area contributed by atoms with Gasteiger partial charge in [0, 0.05) is 33.3 Å². The zero-order chi connectivity index (χ0) is 35.8. The highest BCUT2D eigenvalue weighted by Crippen LogP contribution is 2.44. The van der Waals surface area contributed by atoms with Crippen molar-refractivity contribution in [1.29, 1.82) is 0 Å². The molecule has 0 saturated heterocycles. The predicted molar refractivity (Wildman–Crippen MR) is 228 cm³/mol.